The van der Waals surface area contributed by atoms with Gasteiger partial charge in [0.15, 0.2) is 0 Å². The third-order valence-corrected chi connectivity index (χ3v) is 2.91. The molecule has 1 heterocycles. The fraction of sp³-hybridized carbons (Fsp3) is 0.533. The van der Waals surface area contributed by atoms with Gasteiger partial charge in [0, 0.05) is 6.20 Å². The molecule has 0 spiro atoms. The Bertz CT molecular complexity index is 478. The number of carbonyl (C=O) groups is 1. The van der Waals surface area contributed by atoms with E-state index in [0.717, 1.165) is 12.0 Å². The molecule has 0 atom stereocenters. The minimum Gasteiger partial charge on any atom is -0.386 e. The van der Waals surface area contributed by atoms with Crippen LogP contribution in [0, 0.1) is 5.92 Å². The molecule has 0 saturated heterocycles. The van der Waals surface area contributed by atoms with Crippen molar-refractivity contribution in [1.29, 1.82) is 0 Å². The summed E-state index contributed by atoms with van der Waals surface area (Å²) in [7, 11) is 0. The van der Waals surface area contributed by atoms with Gasteiger partial charge in [0.1, 0.15) is 5.69 Å². The number of aromatic nitrogens is 1. The van der Waals surface area contributed by atoms with Crippen LogP contribution in [0.3, 0.4) is 0 Å². The molecule has 0 unspecified atom stereocenters. The van der Waals surface area contributed by atoms with E-state index in [2.05, 4.69) is 51.5 Å². The van der Waals surface area contributed by atoms with Crippen molar-refractivity contribution in [2.24, 2.45) is 11.7 Å². The van der Waals surface area contributed by atoms with Crippen molar-refractivity contribution < 1.29 is 4.79 Å². The summed E-state index contributed by atoms with van der Waals surface area (Å²) in [6, 6.07) is 0. The lowest BCUT2D eigenvalue weighted by Crippen LogP contribution is -2.28. The minimum absolute atomic E-state index is 0.00101. The summed E-state index contributed by atoms with van der Waals surface area (Å²) in [5.41, 5.74) is 8.27. The predicted octanol–water partition coefficient (Wildman–Crippen LogP) is 2.67. The Kier molecular flexibility index (Phi) is 4.45. The van der Waals surface area contributed by atoms with Gasteiger partial charge in [-0.1, -0.05) is 41.2 Å². The number of aromatic amines is 1. The lowest BCUT2D eigenvalue weighted by atomic mass is 9.83. The highest BCUT2D eigenvalue weighted by Gasteiger charge is 2.25. The first-order chi connectivity index (χ1) is 8.62. The van der Waals surface area contributed by atoms with E-state index in [9.17, 15) is 4.79 Å². The average molecular weight is 263 g/mol. The Morgan fingerprint density at radius 1 is 1.47 bits per heavy atom. The molecule has 0 aliphatic carbocycles. The molecule has 1 aromatic rings. The second-order valence-electron chi connectivity index (χ2n) is 6.38. The Hall–Kier alpha value is -1.71. The fourth-order valence-electron chi connectivity index (χ4n) is 2.15. The predicted molar refractivity (Wildman–Crippen MR) is 78.8 cm³/mol. The maximum atomic E-state index is 12.1. The number of hydrogen-bond acceptors (Lipinski definition) is 2. The van der Waals surface area contributed by atoms with Gasteiger partial charge in [-0.05, 0) is 28.9 Å². The summed E-state index contributed by atoms with van der Waals surface area (Å²) >= 11 is 0. The highest BCUT2D eigenvalue weighted by molar-refractivity contribution is 5.95. The van der Waals surface area contributed by atoms with E-state index in [1.807, 2.05) is 6.20 Å². The summed E-state index contributed by atoms with van der Waals surface area (Å²) in [5, 5.41) is 2.55. The van der Waals surface area contributed by atoms with Crippen molar-refractivity contribution in [2.75, 3.05) is 0 Å². The summed E-state index contributed by atoms with van der Waals surface area (Å²) in [5.74, 6) is 0.413. The number of carbonyl (C=O) groups excluding carboxylic acids is 1. The second-order valence-corrected chi connectivity index (χ2v) is 6.38. The van der Waals surface area contributed by atoms with E-state index >= 15 is 0 Å². The molecule has 1 rings (SSSR count). The van der Waals surface area contributed by atoms with Crippen molar-refractivity contribution >= 4 is 5.91 Å². The van der Waals surface area contributed by atoms with Gasteiger partial charge in [0.2, 0.25) is 0 Å². The van der Waals surface area contributed by atoms with Crippen LogP contribution in [0.1, 0.15) is 56.2 Å². The highest BCUT2D eigenvalue weighted by atomic mass is 16.2. The van der Waals surface area contributed by atoms with Gasteiger partial charge in [-0.25, -0.2) is 0 Å². The molecule has 1 amide bonds. The lowest BCUT2D eigenvalue weighted by molar-refractivity contribution is 0.0960. The third-order valence-electron chi connectivity index (χ3n) is 2.91. The van der Waals surface area contributed by atoms with Gasteiger partial charge in [0.05, 0.1) is 5.82 Å². The quantitative estimate of drug-likeness (QED) is 0.781. The first kappa shape index (κ1) is 15.3. The normalized spacial score (nSPS) is 11.7. The zero-order valence-corrected chi connectivity index (χ0v) is 12.6. The van der Waals surface area contributed by atoms with Crippen LogP contribution in [0.2, 0.25) is 0 Å². The topological polar surface area (TPSA) is 70.9 Å². The van der Waals surface area contributed by atoms with E-state index in [4.69, 9.17) is 5.73 Å². The number of H-pyrrole nitrogens is 1. The zero-order chi connectivity index (χ0) is 14.8. The first-order valence-electron chi connectivity index (χ1n) is 6.59. The van der Waals surface area contributed by atoms with Crippen LogP contribution < -0.4 is 11.1 Å². The summed E-state index contributed by atoms with van der Waals surface area (Å²) in [4.78, 5) is 15.2. The molecular weight excluding hydrogens is 238 g/mol. The van der Waals surface area contributed by atoms with Gasteiger partial charge in [-0.3, -0.25) is 4.79 Å². The molecule has 0 bridgehead atoms. The van der Waals surface area contributed by atoms with E-state index in [1.165, 1.54) is 5.56 Å². The lowest BCUT2D eigenvalue weighted by Gasteiger charge is -2.21. The van der Waals surface area contributed by atoms with Crippen molar-refractivity contribution in [1.82, 2.24) is 10.3 Å². The molecule has 0 saturated carbocycles. The number of hydrogen-bond donors (Lipinski definition) is 3. The summed E-state index contributed by atoms with van der Waals surface area (Å²) in [6.07, 6.45) is 2.78. The van der Waals surface area contributed by atoms with Crippen LogP contribution >= 0.6 is 0 Å². The maximum Gasteiger partial charge on any atom is 0.273 e. The van der Waals surface area contributed by atoms with Gasteiger partial charge >= 0.3 is 0 Å². The van der Waals surface area contributed by atoms with Crippen molar-refractivity contribution in [3.05, 3.63) is 35.4 Å². The van der Waals surface area contributed by atoms with E-state index < -0.39 is 0 Å². The number of amides is 1. The summed E-state index contributed by atoms with van der Waals surface area (Å²) < 4.78 is 0. The molecule has 0 fully saturated rings. The number of nitrogens with two attached hydrogens (primary N) is 1. The third kappa shape index (κ3) is 3.88. The maximum absolute atomic E-state index is 12.1. The van der Waals surface area contributed by atoms with Crippen molar-refractivity contribution in [2.45, 2.75) is 46.5 Å². The molecule has 0 aliphatic rings. The fourth-order valence-corrected chi connectivity index (χ4v) is 2.15. The van der Waals surface area contributed by atoms with Crippen LogP contribution in [-0.2, 0) is 11.8 Å². The van der Waals surface area contributed by atoms with Gasteiger partial charge < -0.3 is 16.0 Å². The monoisotopic (exact) mass is 263 g/mol. The minimum atomic E-state index is -0.223. The SMILES string of the molecule is C=C(N)NC(=O)c1[nH]cc(C(C)(C)C)c1CC(C)C. The smallest absolute Gasteiger partial charge is 0.273 e. The molecule has 4 nitrogen and oxygen atoms in total. The Balaban J connectivity index is 3.21. The van der Waals surface area contributed by atoms with Crippen LogP contribution in [0.15, 0.2) is 18.6 Å². The molecule has 4 N–H and O–H groups in total. The van der Waals surface area contributed by atoms with Crippen molar-refractivity contribution in [3.63, 3.8) is 0 Å². The Morgan fingerprint density at radius 3 is 2.47 bits per heavy atom. The first-order valence-corrected chi connectivity index (χ1v) is 6.59. The number of nitrogens with one attached hydrogen (secondary N) is 2. The van der Waals surface area contributed by atoms with Gasteiger partial charge in [-0.2, -0.15) is 0 Å². The molecule has 106 valence electrons. The molecule has 4 heteroatoms. The molecule has 0 aliphatic heterocycles. The van der Waals surface area contributed by atoms with Crippen LogP contribution in [-0.4, -0.2) is 10.9 Å². The molecule has 0 radical (unpaired) electrons. The Labute approximate surface area is 115 Å². The van der Waals surface area contributed by atoms with Gasteiger partial charge in [-0.15, -0.1) is 0 Å². The van der Waals surface area contributed by atoms with E-state index in [0.29, 0.717) is 11.6 Å². The number of rotatable bonds is 4. The second kappa shape index (κ2) is 5.51. The average Bonchev–Trinajstić information content (AvgIpc) is 2.58. The summed E-state index contributed by atoms with van der Waals surface area (Å²) in [6.45, 7) is 14.2. The van der Waals surface area contributed by atoms with E-state index in [1.54, 1.807) is 0 Å². The van der Waals surface area contributed by atoms with Crippen molar-refractivity contribution in [3.8, 4) is 0 Å². The highest BCUT2D eigenvalue weighted by Crippen LogP contribution is 2.29. The van der Waals surface area contributed by atoms with E-state index in [-0.39, 0.29) is 17.1 Å². The standard InChI is InChI=1S/C15H25N3O/c1-9(2)7-11-12(15(4,5)6)8-17-13(11)14(19)18-10(3)16/h8-9,17H,3,7,16H2,1-2,4-6H3,(H,18,19). The van der Waals surface area contributed by atoms with Crippen LogP contribution in [0.4, 0.5) is 0 Å². The molecule has 19 heavy (non-hydrogen) atoms. The van der Waals surface area contributed by atoms with Gasteiger partial charge in [0.25, 0.3) is 5.91 Å². The Morgan fingerprint density at radius 2 is 2.05 bits per heavy atom. The molecular formula is C15H25N3O. The van der Waals surface area contributed by atoms with Crippen LogP contribution in [0.5, 0.6) is 0 Å². The largest absolute Gasteiger partial charge is 0.386 e. The molecule has 1 aromatic heterocycles. The molecule has 0 aromatic carbocycles. The van der Waals surface area contributed by atoms with Crippen LogP contribution in [0.25, 0.3) is 0 Å². The zero-order valence-electron chi connectivity index (χ0n) is 12.6.